The second-order valence-corrected chi connectivity index (χ2v) is 19.5. The van der Waals surface area contributed by atoms with Crippen molar-refractivity contribution in [2.24, 2.45) is 0 Å². The van der Waals surface area contributed by atoms with E-state index >= 15 is 0 Å². The average molecular weight is 888 g/mol. The van der Waals surface area contributed by atoms with Crippen LogP contribution in [0.1, 0.15) is 35.4 Å². The van der Waals surface area contributed by atoms with Crippen LogP contribution in [0.5, 0.6) is 0 Å². The third-order valence-corrected chi connectivity index (χ3v) is 15.7. The third-order valence-electron chi connectivity index (χ3n) is 15.7. The maximum absolute atomic E-state index is 3.40. The predicted molar refractivity (Wildman–Crippen MR) is 301 cm³/mol. The summed E-state index contributed by atoms with van der Waals surface area (Å²) in [5.41, 5.74) is 17.2. The number of fused-ring (bicyclic) bond motifs is 11. The molecule has 0 saturated heterocycles. The van der Waals surface area contributed by atoms with E-state index in [2.05, 4.69) is 241 Å². The Morgan fingerprint density at radius 2 is 1.13 bits per heavy atom. The molecule has 0 N–H and O–H groups in total. The van der Waals surface area contributed by atoms with Crippen LogP contribution in [0.3, 0.4) is 0 Å². The summed E-state index contributed by atoms with van der Waals surface area (Å²) in [5.74, 6) is 0.189. The van der Waals surface area contributed by atoms with Gasteiger partial charge in [0.15, 0.2) is 0 Å². The molecule has 0 amide bonds. The van der Waals surface area contributed by atoms with E-state index in [1.165, 1.54) is 131 Å². The van der Waals surface area contributed by atoms with Crippen molar-refractivity contribution in [2.75, 3.05) is 4.90 Å². The van der Waals surface area contributed by atoms with Crippen LogP contribution < -0.4 is 4.90 Å². The van der Waals surface area contributed by atoms with Crippen LogP contribution in [-0.4, -0.2) is 6.04 Å². The highest BCUT2D eigenvalue weighted by Gasteiger charge is 2.41. The first kappa shape index (κ1) is 39.3. The molecule has 1 nitrogen and oxygen atoms in total. The van der Waals surface area contributed by atoms with Crippen molar-refractivity contribution in [1.29, 1.82) is 0 Å². The number of hydrogen-bond acceptors (Lipinski definition) is 1. The van der Waals surface area contributed by atoms with Crippen molar-refractivity contribution in [3.63, 3.8) is 0 Å². The second kappa shape index (κ2) is 15.4. The first-order valence-corrected chi connectivity index (χ1v) is 24.8. The van der Waals surface area contributed by atoms with Crippen molar-refractivity contribution >= 4 is 97.9 Å². The number of anilines is 2. The highest BCUT2D eigenvalue weighted by molar-refractivity contribution is 6.33. The molecular weight excluding hydrogens is 843 g/mol. The molecule has 0 radical (unpaired) electrons. The fraction of sp³-hybridized carbons (Fsp3) is 0.0580. The maximum atomic E-state index is 3.40. The van der Waals surface area contributed by atoms with Crippen LogP contribution >= 0.6 is 0 Å². The van der Waals surface area contributed by atoms with Crippen molar-refractivity contribution < 1.29 is 0 Å². The lowest BCUT2D eigenvalue weighted by molar-refractivity contribution is 0.747. The van der Waals surface area contributed by atoms with Gasteiger partial charge in [0.25, 0.3) is 0 Å². The molecule has 0 bridgehead atoms. The molecule has 3 aliphatic carbocycles. The van der Waals surface area contributed by atoms with Gasteiger partial charge in [-0.2, -0.15) is 0 Å². The molecule has 1 heteroatoms. The highest BCUT2D eigenvalue weighted by atomic mass is 15.2. The lowest BCUT2D eigenvalue weighted by Crippen LogP contribution is -2.28. The van der Waals surface area contributed by atoms with Crippen molar-refractivity contribution in [3.8, 4) is 22.3 Å². The molecule has 70 heavy (non-hydrogen) atoms. The summed E-state index contributed by atoms with van der Waals surface area (Å²) in [6, 6.07) is 62.6. The Morgan fingerprint density at radius 1 is 0.443 bits per heavy atom. The summed E-state index contributed by atoms with van der Waals surface area (Å²) in [4.78, 5) is 2.68. The van der Waals surface area contributed by atoms with E-state index in [1.807, 2.05) is 6.08 Å². The molecule has 0 fully saturated rings. The molecule has 4 aliphatic rings. The molecule has 2 unspecified atom stereocenters. The van der Waals surface area contributed by atoms with Crippen LogP contribution in [0.4, 0.5) is 11.4 Å². The molecular formula is C69H45N. The zero-order valence-electron chi connectivity index (χ0n) is 38.5. The summed E-state index contributed by atoms with van der Waals surface area (Å²) in [6.45, 7) is 0. The lowest BCUT2D eigenvalue weighted by atomic mass is 9.81. The molecule has 2 atom stereocenters. The SMILES string of the molecule is C1=CC=CC=C(c2cc(C3=CCCC=C3)cc(N3c4c(c5cccc6cc(-c7cc8c9ccccc9c(-c9ccc%10ccccc%10c9)cc8c8ccccc78)c7cccc4c7c65)C4C=CC=CC43)c2)C=1. The van der Waals surface area contributed by atoms with E-state index in [-0.39, 0.29) is 12.0 Å². The smallest absolute Gasteiger partial charge is 0.0630 e. The van der Waals surface area contributed by atoms with Gasteiger partial charge in [-0.3, -0.25) is 0 Å². The first-order valence-electron chi connectivity index (χ1n) is 24.8. The summed E-state index contributed by atoms with van der Waals surface area (Å²) < 4.78 is 0. The van der Waals surface area contributed by atoms with Gasteiger partial charge in [0.05, 0.1) is 11.7 Å². The fourth-order valence-electron chi connectivity index (χ4n) is 12.6. The van der Waals surface area contributed by atoms with E-state index in [0.717, 1.165) is 18.4 Å². The van der Waals surface area contributed by atoms with Crippen molar-refractivity contribution in [3.05, 3.63) is 259 Å². The number of benzene rings is 11. The summed E-state index contributed by atoms with van der Waals surface area (Å²) >= 11 is 0. The standard InChI is InChI=1S/C69H45N/c1-2-5-19-43(18-4-1)49-37-50(44-20-6-3-7-21-44)39-51(38-49)70-65-33-15-14-29-57(65)68-58-31-16-24-48-40-61(56-30-17-32-59(69(68)70)67(56)66(48)58)63-42-64-53-26-11-10-25-52(53)60(41-62(64)54-27-12-13-28-55(54)63)47-35-34-45-22-8-9-23-46(45)36-47/h1-2,4,6,8-42,57,65H,3,7H2. The highest BCUT2D eigenvalue weighted by Crippen LogP contribution is 2.57. The molecule has 11 aromatic carbocycles. The Hall–Kier alpha value is -8.74. The van der Waals surface area contributed by atoms with Crippen LogP contribution in [0.15, 0.2) is 242 Å². The number of allylic oxidation sites excluding steroid dienone is 11. The van der Waals surface area contributed by atoms with Gasteiger partial charge in [-0.05, 0) is 182 Å². The van der Waals surface area contributed by atoms with Gasteiger partial charge in [0.2, 0.25) is 0 Å². The van der Waals surface area contributed by atoms with Crippen LogP contribution in [0.25, 0.3) is 109 Å². The van der Waals surface area contributed by atoms with E-state index in [0.29, 0.717) is 0 Å². The Kier molecular flexibility index (Phi) is 8.63. The van der Waals surface area contributed by atoms with Crippen LogP contribution in [0.2, 0.25) is 0 Å². The predicted octanol–water partition coefficient (Wildman–Crippen LogP) is 18.7. The molecule has 326 valence electrons. The summed E-state index contributed by atoms with van der Waals surface area (Å²) in [7, 11) is 0. The average Bonchev–Trinajstić information content (AvgIpc) is 3.54. The Morgan fingerprint density at radius 3 is 1.97 bits per heavy atom. The number of hydrogen-bond donors (Lipinski definition) is 0. The lowest BCUT2D eigenvalue weighted by Gasteiger charge is -2.30. The van der Waals surface area contributed by atoms with Gasteiger partial charge in [-0.15, -0.1) is 5.73 Å². The zero-order valence-corrected chi connectivity index (χ0v) is 38.5. The van der Waals surface area contributed by atoms with Gasteiger partial charge in [0, 0.05) is 22.4 Å². The van der Waals surface area contributed by atoms with Crippen molar-refractivity contribution in [2.45, 2.75) is 24.8 Å². The Labute approximate surface area is 407 Å². The zero-order chi connectivity index (χ0) is 45.9. The van der Waals surface area contributed by atoms with E-state index in [9.17, 15) is 0 Å². The van der Waals surface area contributed by atoms with E-state index in [1.54, 1.807) is 0 Å². The van der Waals surface area contributed by atoms with Gasteiger partial charge in [0.1, 0.15) is 0 Å². The van der Waals surface area contributed by atoms with Crippen molar-refractivity contribution in [1.82, 2.24) is 0 Å². The fourth-order valence-corrected chi connectivity index (χ4v) is 12.6. The normalized spacial score (nSPS) is 17.2. The monoisotopic (exact) mass is 887 g/mol. The Balaban J connectivity index is 1.00. The molecule has 0 spiro atoms. The second-order valence-electron chi connectivity index (χ2n) is 19.5. The minimum absolute atomic E-state index is 0.115. The number of rotatable bonds is 5. The summed E-state index contributed by atoms with van der Waals surface area (Å²) in [5, 5.41) is 18.0. The minimum Gasteiger partial charge on any atom is -0.333 e. The minimum atomic E-state index is 0.115. The van der Waals surface area contributed by atoms with Gasteiger partial charge >= 0.3 is 0 Å². The van der Waals surface area contributed by atoms with E-state index < -0.39 is 0 Å². The quantitative estimate of drug-likeness (QED) is 0.123. The maximum Gasteiger partial charge on any atom is 0.0630 e. The topological polar surface area (TPSA) is 3.24 Å². The number of nitrogens with zero attached hydrogens (tertiary/aromatic N) is 1. The van der Waals surface area contributed by atoms with Crippen LogP contribution in [0, 0.1) is 0 Å². The molecule has 1 heterocycles. The molecule has 11 aromatic rings. The van der Waals surface area contributed by atoms with Gasteiger partial charge in [-0.25, -0.2) is 0 Å². The molecule has 0 saturated carbocycles. The van der Waals surface area contributed by atoms with Gasteiger partial charge < -0.3 is 4.90 Å². The molecule has 15 rings (SSSR count). The largest absolute Gasteiger partial charge is 0.333 e. The first-order chi connectivity index (χ1) is 34.7. The molecule has 0 aromatic heterocycles. The van der Waals surface area contributed by atoms with Crippen LogP contribution in [-0.2, 0) is 0 Å². The van der Waals surface area contributed by atoms with E-state index in [4.69, 9.17) is 0 Å². The Bertz CT molecular complexity index is 4350. The third kappa shape index (κ3) is 5.86. The van der Waals surface area contributed by atoms with Gasteiger partial charge in [-0.1, -0.05) is 182 Å². The molecule has 1 aliphatic heterocycles. The summed E-state index contributed by atoms with van der Waals surface area (Å²) in [6.07, 6.45) is 29.1.